The largest absolute Gasteiger partial charge is 0.491 e. The van der Waals surface area contributed by atoms with Gasteiger partial charge in [0.05, 0.1) is 31.0 Å². The number of nitrogens with zero attached hydrogens (tertiary/aromatic N) is 4. The molecule has 0 fully saturated rings. The number of benzene rings is 1. The molecule has 0 unspecified atom stereocenters. The van der Waals surface area contributed by atoms with Crippen LogP contribution in [0.3, 0.4) is 0 Å². The molecule has 0 amide bonds. The van der Waals surface area contributed by atoms with Crippen LogP contribution < -0.4 is 4.74 Å². The topological polar surface area (TPSA) is 44.9 Å². The van der Waals surface area contributed by atoms with Crippen LogP contribution in [0.2, 0.25) is 0 Å². The molecule has 0 aliphatic carbocycles. The van der Waals surface area contributed by atoms with E-state index in [0.29, 0.717) is 6.61 Å². The van der Waals surface area contributed by atoms with Crippen LogP contribution in [0.1, 0.15) is 18.1 Å². The third-order valence-corrected chi connectivity index (χ3v) is 4.11. The standard InChI is InChI=1S/C18H22N4O/c1-4-22-12-16(10-20-22)17-11-19-13-21(17)8-9-23-18-7-5-6-14(2)15(18)3/h5-7,10-13H,4,8-9H2,1-3H3. The molecule has 0 atom stereocenters. The summed E-state index contributed by atoms with van der Waals surface area (Å²) in [6.45, 7) is 8.49. The number of rotatable bonds is 6. The maximum Gasteiger partial charge on any atom is 0.122 e. The highest BCUT2D eigenvalue weighted by molar-refractivity contribution is 5.56. The fraction of sp³-hybridized carbons (Fsp3) is 0.333. The van der Waals surface area contributed by atoms with Gasteiger partial charge in [-0.2, -0.15) is 5.10 Å². The molecule has 0 aliphatic rings. The van der Waals surface area contributed by atoms with Gasteiger partial charge in [-0.05, 0) is 38.0 Å². The number of hydrogen-bond acceptors (Lipinski definition) is 3. The molecule has 1 aromatic carbocycles. The van der Waals surface area contributed by atoms with Gasteiger partial charge in [0.2, 0.25) is 0 Å². The van der Waals surface area contributed by atoms with E-state index in [1.54, 1.807) is 0 Å². The van der Waals surface area contributed by atoms with Crippen molar-refractivity contribution >= 4 is 0 Å². The van der Waals surface area contributed by atoms with Gasteiger partial charge in [0.15, 0.2) is 0 Å². The fourth-order valence-electron chi connectivity index (χ4n) is 2.54. The lowest BCUT2D eigenvalue weighted by atomic mass is 10.1. The first kappa shape index (κ1) is 15.3. The molecular weight excluding hydrogens is 288 g/mol. The van der Waals surface area contributed by atoms with Gasteiger partial charge in [-0.1, -0.05) is 12.1 Å². The molecule has 2 aromatic heterocycles. The highest BCUT2D eigenvalue weighted by atomic mass is 16.5. The number of ether oxygens (including phenoxy) is 1. The molecule has 0 aliphatic heterocycles. The van der Waals surface area contributed by atoms with Crippen LogP contribution in [0.5, 0.6) is 5.75 Å². The van der Waals surface area contributed by atoms with Crippen LogP contribution in [0.25, 0.3) is 11.3 Å². The molecule has 0 saturated carbocycles. The first-order valence-corrected chi connectivity index (χ1v) is 7.91. The van der Waals surface area contributed by atoms with Gasteiger partial charge in [0.1, 0.15) is 12.4 Å². The van der Waals surface area contributed by atoms with Gasteiger partial charge in [0, 0.05) is 18.3 Å². The van der Waals surface area contributed by atoms with E-state index in [2.05, 4.69) is 41.5 Å². The van der Waals surface area contributed by atoms with Gasteiger partial charge in [-0.3, -0.25) is 4.68 Å². The molecule has 0 spiro atoms. The number of imidazole rings is 1. The Labute approximate surface area is 136 Å². The van der Waals surface area contributed by atoms with E-state index in [9.17, 15) is 0 Å². The molecule has 120 valence electrons. The lowest BCUT2D eigenvalue weighted by Gasteiger charge is -2.12. The zero-order chi connectivity index (χ0) is 16.2. The third kappa shape index (κ3) is 3.28. The maximum atomic E-state index is 5.94. The Morgan fingerprint density at radius 1 is 1.17 bits per heavy atom. The molecule has 0 radical (unpaired) electrons. The predicted molar refractivity (Wildman–Crippen MR) is 90.5 cm³/mol. The maximum absolute atomic E-state index is 5.94. The van der Waals surface area contributed by atoms with E-state index in [1.165, 1.54) is 11.1 Å². The number of hydrogen-bond donors (Lipinski definition) is 0. The van der Waals surface area contributed by atoms with Gasteiger partial charge >= 0.3 is 0 Å². The Bertz CT molecular complexity index is 788. The Morgan fingerprint density at radius 2 is 2.04 bits per heavy atom. The van der Waals surface area contributed by atoms with Crippen LogP contribution in [-0.4, -0.2) is 25.9 Å². The Balaban J connectivity index is 1.67. The predicted octanol–water partition coefficient (Wildman–Crippen LogP) is 3.46. The van der Waals surface area contributed by atoms with Crippen LogP contribution in [0.4, 0.5) is 0 Å². The van der Waals surface area contributed by atoms with Crippen molar-refractivity contribution in [3.05, 3.63) is 54.2 Å². The second-order valence-electron chi connectivity index (χ2n) is 5.60. The van der Waals surface area contributed by atoms with Crippen molar-refractivity contribution in [3.8, 4) is 17.0 Å². The highest BCUT2D eigenvalue weighted by Crippen LogP contribution is 2.21. The van der Waals surface area contributed by atoms with Gasteiger partial charge in [-0.15, -0.1) is 0 Å². The second kappa shape index (κ2) is 6.69. The second-order valence-corrected chi connectivity index (χ2v) is 5.60. The highest BCUT2D eigenvalue weighted by Gasteiger charge is 2.08. The van der Waals surface area contributed by atoms with Crippen molar-refractivity contribution in [3.63, 3.8) is 0 Å². The Morgan fingerprint density at radius 3 is 2.83 bits per heavy atom. The van der Waals surface area contributed by atoms with E-state index >= 15 is 0 Å². The first-order chi connectivity index (χ1) is 11.2. The lowest BCUT2D eigenvalue weighted by Crippen LogP contribution is -2.09. The van der Waals surface area contributed by atoms with E-state index in [-0.39, 0.29) is 0 Å². The first-order valence-electron chi connectivity index (χ1n) is 7.91. The van der Waals surface area contributed by atoms with Crippen LogP contribution in [-0.2, 0) is 13.1 Å². The molecular formula is C18H22N4O. The molecule has 5 nitrogen and oxygen atoms in total. The smallest absolute Gasteiger partial charge is 0.122 e. The molecule has 2 heterocycles. The third-order valence-electron chi connectivity index (χ3n) is 4.11. The molecule has 5 heteroatoms. The zero-order valence-electron chi connectivity index (χ0n) is 13.9. The van der Waals surface area contributed by atoms with E-state index in [0.717, 1.165) is 30.1 Å². The van der Waals surface area contributed by atoms with Crippen LogP contribution in [0.15, 0.2) is 43.1 Å². The summed E-state index contributed by atoms with van der Waals surface area (Å²) in [5.41, 5.74) is 4.59. The van der Waals surface area contributed by atoms with E-state index < -0.39 is 0 Å². The summed E-state index contributed by atoms with van der Waals surface area (Å²) in [7, 11) is 0. The minimum absolute atomic E-state index is 0.607. The number of aromatic nitrogens is 4. The molecule has 3 rings (SSSR count). The monoisotopic (exact) mass is 310 g/mol. The van der Waals surface area contributed by atoms with Crippen molar-refractivity contribution < 1.29 is 4.74 Å². The summed E-state index contributed by atoms with van der Waals surface area (Å²) in [5, 5.41) is 4.33. The van der Waals surface area contributed by atoms with E-state index in [4.69, 9.17) is 4.74 Å². The summed E-state index contributed by atoms with van der Waals surface area (Å²) in [6.07, 6.45) is 7.63. The summed E-state index contributed by atoms with van der Waals surface area (Å²) in [6, 6.07) is 6.14. The quantitative estimate of drug-likeness (QED) is 0.700. The van der Waals surface area contributed by atoms with Gasteiger partial charge in [0.25, 0.3) is 0 Å². The minimum atomic E-state index is 0.607. The van der Waals surface area contributed by atoms with Crippen molar-refractivity contribution in [2.24, 2.45) is 0 Å². The number of aryl methyl sites for hydroxylation is 2. The average Bonchev–Trinajstić information content (AvgIpc) is 3.20. The van der Waals surface area contributed by atoms with Crippen molar-refractivity contribution in [1.29, 1.82) is 0 Å². The Kier molecular flexibility index (Phi) is 4.46. The molecule has 0 saturated heterocycles. The zero-order valence-corrected chi connectivity index (χ0v) is 13.9. The SMILES string of the molecule is CCn1cc(-c2cncn2CCOc2cccc(C)c2C)cn1. The minimum Gasteiger partial charge on any atom is -0.491 e. The van der Waals surface area contributed by atoms with Crippen molar-refractivity contribution in [2.75, 3.05) is 6.61 Å². The fourth-order valence-corrected chi connectivity index (χ4v) is 2.54. The summed E-state index contributed by atoms with van der Waals surface area (Å²) >= 11 is 0. The van der Waals surface area contributed by atoms with Gasteiger partial charge in [-0.25, -0.2) is 4.98 Å². The summed E-state index contributed by atoms with van der Waals surface area (Å²) in [5.74, 6) is 0.950. The summed E-state index contributed by atoms with van der Waals surface area (Å²) in [4.78, 5) is 4.26. The molecule has 0 N–H and O–H groups in total. The van der Waals surface area contributed by atoms with Crippen LogP contribution >= 0.6 is 0 Å². The molecule has 23 heavy (non-hydrogen) atoms. The van der Waals surface area contributed by atoms with Crippen molar-refractivity contribution in [2.45, 2.75) is 33.9 Å². The van der Waals surface area contributed by atoms with E-state index in [1.807, 2.05) is 41.7 Å². The average molecular weight is 310 g/mol. The lowest BCUT2D eigenvalue weighted by molar-refractivity contribution is 0.297. The summed E-state index contributed by atoms with van der Waals surface area (Å²) < 4.78 is 9.95. The Hall–Kier alpha value is -2.56. The van der Waals surface area contributed by atoms with Crippen molar-refractivity contribution in [1.82, 2.24) is 19.3 Å². The molecule has 0 bridgehead atoms. The molecule has 3 aromatic rings. The van der Waals surface area contributed by atoms with Crippen LogP contribution in [0, 0.1) is 13.8 Å². The normalized spacial score (nSPS) is 10.9. The van der Waals surface area contributed by atoms with Gasteiger partial charge < -0.3 is 9.30 Å².